The van der Waals surface area contributed by atoms with Gasteiger partial charge in [0.2, 0.25) is 0 Å². The second-order valence-corrected chi connectivity index (χ2v) is 3.25. The third-order valence-electron chi connectivity index (χ3n) is 1.91. The molecule has 1 aromatic carbocycles. The van der Waals surface area contributed by atoms with Crippen molar-refractivity contribution in [3.05, 3.63) is 23.3 Å². The monoisotopic (exact) mass is 209 g/mol. The average molecular weight is 209 g/mol. The van der Waals surface area contributed by atoms with Gasteiger partial charge in [-0.1, -0.05) is 0 Å². The topological polar surface area (TPSA) is 77.8 Å². The summed E-state index contributed by atoms with van der Waals surface area (Å²) in [7, 11) is 3.06. The quantitative estimate of drug-likeness (QED) is 0.552. The zero-order chi connectivity index (χ0) is 11.6. The van der Waals surface area contributed by atoms with Crippen LogP contribution in [0.4, 0.5) is 0 Å². The van der Waals surface area contributed by atoms with Gasteiger partial charge in [0.1, 0.15) is 0 Å². The first-order chi connectivity index (χ1) is 6.97. The molecule has 0 saturated heterocycles. The number of benzene rings is 1. The highest BCUT2D eigenvalue weighted by molar-refractivity contribution is 6.02. The van der Waals surface area contributed by atoms with E-state index >= 15 is 0 Å². The number of rotatable bonds is 2. The van der Waals surface area contributed by atoms with Gasteiger partial charge in [-0.3, -0.25) is 9.59 Å². The fourth-order valence-corrected chi connectivity index (χ4v) is 1.12. The Morgan fingerprint density at radius 3 is 2.27 bits per heavy atom. The van der Waals surface area contributed by atoms with Crippen molar-refractivity contribution in [1.82, 2.24) is 4.90 Å². The van der Waals surface area contributed by atoms with Gasteiger partial charge in [0.25, 0.3) is 5.91 Å². The summed E-state index contributed by atoms with van der Waals surface area (Å²) in [6, 6.07) is 2.13. The molecule has 0 aliphatic heterocycles. The average Bonchev–Trinajstić information content (AvgIpc) is 2.20. The van der Waals surface area contributed by atoms with Crippen LogP contribution in [0.5, 0.6) is 11.5 Å². The molecule has 0 radical (unpaired) electrons. The lowest BCUT2D eigenvalue weighted by Gasteiger charge is -2.12. The summed E-state index contributed by atoms with van der Waals surface area (Å²) in [6.45, 7) is 0. The zero-order valence-corrected chi connectivity index (χ0v) is 8.39. The third kappa shape index (κ3) is 2.07. The molecular formula is C10H11NO4. The minimum atomic E-state index is -0.425. The summed E-state index contributed by atoms with van der Waals surface area (Å²) in [6.07, 6.45) is 0.454. The first-order valence-corrected chi connectivity index (χ1v) is 4.20. The number of carbonyl (C=O) groups excluding carboxylic acids is 2. The van der Waals surface area contributed by atoms with Crippen molar-refractivity contribution in [2.75, 3.05) is 14.1 Å². The second-order valence-electron chi connectivity index (χ2n) is 3.25. The summed E-state index contributed by atoms with van der Waals surface area (Å²) < 4.78 is 0. The van der Waals surface area contributed by atoms with Crippen LogP contribution < -0.4 is 0 Å². The van der Waals surface area contributed by atoms with E-state index in [1.807, 2.05) is 0 Å². The molecule has 0 aromatic heterocycles. The van der Waals surface area contributed by atoms with E-state index in [1.54, 1.807) is 0 Å². The van der Waals surface area contributed by atoms with Crippen LogP contribution in [0.25, 0.3) is 0 Å². The molecule has 0 aliphatic carbocycles. The maximum Gasteiger partial charge on any atom is 0.254 e. The molecule has 0 unspecified atom stereocenters. The molecule has 1 rings (SSSR count). The van der Waals surface area contributed by atoms with E-state index in [4.69, 9.17) is 5.11 Å². The summed E-state index contributed by atoms with van der Waals surface area (Å²) >= 11 is 0. The number of hydrogen-bond donors (Lipinski definition) is 2. The lowest BCUT2D eigenvalue weighted by Crippen LogP contribution is -2.22. The number of nitrogens with zero attached hydrogens (tertiary/aromatic N) is 1. The second kappa shape index (κ2) is 4.00. The number of phenols is 2. The molecule has 15 heavy (non-hydrogen) atoms. The summed E-state index contributed by atoms with van der Waals surface area (Å²) in [5.41, 5.74) is 0.106. The summed E-state index contributed by atoms with van der Waals surface area (Å²) in [4.78, 5) is 23.5. The standard InChI is InChI=1S/C10H11NO4/c1-11(2)10(15)7-4-9(14)8(13)3-6(7)5-12/h3-5,13-14H,1-2H3. The van der Waals surface area contributed by atoms with Crippen molar-refractivity contribution in [2.24, 2.45) is 0 Å². The van der Waals surface area contributed by atoms with Gasteiger partial charge in [0.15, 0.2) is 17.8 Å². The van der Waals surface area contributed by atoms with Crippen LogP contribution in [0.2, 0.25) is 0 Å². The molecule has 0 bridgehead atoms. The Hall–Kier alpha value is -2.04. The SMILES string of the molecule is CN(C)C(=O)c1cc(O)c(O)cc1C=O. The van der Waals surface area contributed by atoms with Crippen LogP contribution in [-0.4, -0.2) is 41.4 Å². The largest absolute Gasteiger partial charge is 0.504 e. The molecular weight excluding hydrogens is 198 g/mol. The molecule has 5 nitrogen and oxygen atoms in total. The Bertz CT molecular complexity index is 412. The van der Waals surface area contributed by atoms with Crippen molar-refractivity contribution in [2.45, 2.75) is 0 Å². The zero-order valence-electron chi connectivity index (χ0n) is 8.39. The third-order valence-corrected chi connectivity index (χ3v) is 1.91. The normalized spacial score (nSPS) is 9.73. The Balaban J connectivity index is 3.34. The minimum absolute atomic E-state index is 0.0454. The number of amides is 1. The predicted molar refractivity (Wildman–Crippen MR) is 53.2 cm³/mol. The lowest BCUT2D eigenvalue weighted by atomic mass is 10.1. The first-order valence-electron chi connectivity index (χ1n) is 4.20. The van der Waals surface area contributed by atoms with Gasteiger partial charge in [-0.2, -0.15) is 0 Å². The van der Waals surface area contributed by atoms with E-state index in [9.17, 15) is 14.7 Å². The molecule has 0 aliphatic rings. The molecule has 0 fully saturated rings. The van der Waals surface area contributed by atoms with Crippen molar-refractivity contribution in [1.29, 1.82) is 0 Å². The number of aldehydes is 1. The van der Waals surface area contributed by atoms with E-state index in [0.717, 1.165) is 12.1 Å². The maximum absolute atomic E-state index is 11.6. The van der Waals surface area contributed by atoms with Gasteiger partial charge in [0, 0.05) is 19.7 Å². The summed E-state index contributed by atoms with van der Waals surface area (Å²) in [5, 5.41) is 18.4. The molecule has 0 spiro atoms. The van der Waals surface area contributed by atoms with E-state index in [-0.39, 0.29) is 11.1 Å². The number of hydrogen-bond acceptors (Lipinski definition) is 4. The predicted octanol–water partition coefficient (Wildman–Crippen LogP) is 0.612. The maximum atomic E-state index is 11.6. The van der Waals surface area contributed by atoms with E-state index in [2.05, 4.69) is 0 Å². The van der Waals surface area contributed by atoms with Gasteiger partial charge in [-0.05, 0) is 12.1 Å². The molecule has 80 valence electrons. The van der Waals surface area contributed by atoms with E-state index < -0.39 is 17.4 Å². The fraction of sp³-hybridized carbons (Fsp3) is 0.200. The molecule has 2 N–H and O–H groups in total. The van der Waals surface area contributed by atoms with Gasteiger partial charge in [-0.25, -0.2) is 0 Å². The van der Waals surface area contributed by atoms with Crippen LogP contribution >= 0.6 is 0 Å². The van der Waals surface area contributed by atoms with Crippen molar-refractivity contribution in [3.8, 4) is 11.5 Å². The first kappa shape index (κ1) is 11.0. The minimum Gasteiger partial charge on any atom is -0.504 e. The van der Waals surface area contributed by atoms with E-state index in [0.29, 0.717) is 6.29 Å². The summed E-state index contributed by atoms with van der Waals surface area (Å²) in [5.74, 6) is -1.26. The fourth-order valence-electron chi connectivity index (χ4n) is 1.12. The number of aromatic hydroxyl groups is 2. The van der Waals surface area contributed by atoms with E-state index in [1.165, 1.54) is 19.0 Å². The molecule has 0 heterocycles. The van der Waals surface area contributed by atoms with Crippen LogP contribution in [0.15, 0.2) is 12.1 Å². The van der Waals surface area contributed by atoms with Crippen LogP contribution in [0.1, 0.15) is 20.7 Å². The van der Waals surface area contributed by atoms with Gasteiger partial charge >= 0.3 is 0 Å². The van der Waals surface area contributed by atoms with Gasteiger partial charge in [0.05, 0.1) is 5.56 Å². The van der Waals surface area contributed by atoms with Gasteiger partial charge in [-0.15, -0.1) is 0 Å². The van der Waals surface area contributed by atoms with Crippen molar-refractivity contribution < 1.29 is 19.8 Å². The lowest BCUT2D eigenvalue weighted by molar-refractivity contribution is 0.0823. The van der Waals surface area contributed by atoms with Crippen molar-refractivity contribution >= 4 is 12.2 Å². The van der Waals surface area contributed by atoms with Crippen molar-refractivity contribution in [3.63, 3.8) is 0 Å². The molecule has 1 amide bonds. The Morgan fingerprint density at radius 1 is 1.27 bits per heavy atom. The van der Waals surface area contributed by atoms with Crippen LogP contribution in [0.3, 0.4) is 0 Å². The Morgan fingerprint density at radius 2 is 1.80 bits per heavy atom. The highest BCUT2D eigenvalue weighted by Gasteiger charge is 2.16. The van der Waals surface area contributed by atoms with Crippen LogP contribution in [-0.2, 0) is 0 Å². The Kier molecular flexibility index (Phi) is 2.94. The number of carbonyl (C=O) groups is 2. The highest BCUT2D eigenvalue weighted by Crippen LogP contribution is 2.28. The molecule has 1 aromatic rings. The number of phenolic OH excluding ortho intramolecular Hbond substituents is 2. The van der Waals surface area contributed by atoms with Crippen LogP contribution in [0, 0.1) is 0 Å². The molecule has 0 atom stereocenters. The highest BCUT2D eigenvalue weighted by atomic mass is 16.3. The molecule has 0 saturated carbocycles. The smallest absolute Gasteiger partial charge is 0.254 e. The Labute approximate surface area is 86.6 Å². The van der Waals surface area contributed by atoms with Gasteiger partial charge < -0.3 is 15.1 Å². The molecule has 5 heteroatoms.